The highest BCUT2D eigenvalue weighted by atomic mass is 79.9. The number of nitrogens with two attached hydrogens (primary N) is 1. The van der Waals surface area contributed by atoms with Gasteiger partial charge in [0, 0.05) is 25.6 Å². The zero-order valence-electron chi connectivity index (χ0n) is 13.4. The number of hydrogen-bond acceptors (Lipinski definition) is 3. The number of aryl methyl sites for hydroxylation is 2. The molecule has 2 N–H and O–H groups in total. The van der Waals surface area contributed by atoms with Crippen LogP contribution in [0.15, 0.2) is 4.47 Å². The van der Waals surface area contributed by atoms with Gasteiger partial charge in [0.15, 0.2) is 0 Å². The summed E-state index contributed by atoms with van der Waals surface area (Å²) in [4.78, 5) is 0. The summed E-state index contributed by atoms with van der Waals surface area (Å²) in [7, 11) is 0. The Morgan fingerprint density at radius 2 is 1.90 bits per heavy atom. The lowest BCUT2D eigenvalue weighted by atomic mass is 9.86. The topological polar surface area (TPSA) is 53.1 Å². The molecule has 0 saturated heterocycles. The van der Waals surface area contributed by atoms with Gasteiger partial charge in [0.25, 0.3) is 0 Å². The average Bonchev–Trinajstić information content (AvgIpc) is 2.72. The van der Waals surface area contributed by atoms with Crippen molar-refractivity contribution in [1.82, 2.24) is 9.78 Å². The molecule has 0 aromatic carbocycles. The van der Waals surface area contributed by atoms with Crippen LogP contribution in [0.2, 0.25) is 0 Å². The van der Waals surface area contributed by atoms with E-state index >= 15 is 0 Å². The Labute approximate surface area is 131 Å². The maximum atomic E-state index is 6.51. The van der Waals surface area contributed by atoms with Crippen molar-refractivity contribution in [2.24, 2.45) is 5.73 Å². The van der Waals surface area contributed by atoms with E-state index in [1.54, 1.807) is 0 Å². The molecule has 0 radical (unpaired) electrons. The third-order valence-electron chi connectivity index (χ3n) is 4.17. The van der Waals surface area contributed by atoms with Gasteiger partial charge in [-0.05, 0) is 49.5 Å². The average molecular weight is 346 g/mol. The molecule has 0 aliphatic carbocycles. The highest BCUT2D eigenvalue weighted by Gasteiger charge is 2.35. The van der Waals surface area contributed by atoms with Crippen molar-refractivity contribution < 1.29 is 4.74 Å². The van der Waals surface area contributed by atoms with E-state index in [0.717, 1.165) is 36.0 Å². The van der Waals surface area contributed by atoms with E-state index in [1.807, 2.05) is 18.5 Å². The van der Waals surface area contributed by atoms with Crippen molar-refractivity contribution in [3.63, 3.8) is 0 Å². The molecule has 0 spiro atoms. The molecule has 0 bridgehead atoms. The number of halogens is 1. The molecule has 4 nitrogen and oxygen atoms in total. The van der Waals surface area contributed by atoms with Gasteiger partial charge >= 0.3 is 0 Å². The van der Waals surface area contributed by atoms with E-state index in [2.05, 4.69) is 41.8 Å². The van der Waals surface area contributed by atoms with Gasteiger partial charge < -0.3 is 10.5 Å². The van der Waals surface area contributed by atoms with Gasteiger partial charge in [0.2, 0.25) is 0 Å². The Morgan fingerprint density at radius 1 is 1.30 bits per heavy atom. The molecule has 1 aromatic heterocycles. The lowest BCUT2D eigenvalue weighted by Gasteiger charge is -2.37. The number of rotatable bonds is 8. The van der Waals surface area contributed by atoms with Crippen LogP contribution in [-0.4, -0.2) is 28.0 Å². The Morgan fingerprint density at radius 3 is 2.35 bits per heavy atom. The van der Waals surface area contributed by atoms with Crippen molar-refractivity contribution in [3.8, 4) is 0 Å². The third kappa shape index (κ3) is 3.43. The predicted octanol–water partition coefficient (Wildman–Crippen LogP) is 3.44. The van der Waals surface area contributed by atoms with E-state index in [0.29, 0.717) is 6.61 Å². The molecule has 0 aliphatic rings. The molecule has 116 valence electrons. The zero-order chi connectivity index (χ0) is 15.3. The highest BCUT2D eigenvalue weighted by Crippen LogP contribution is 2.29. The zero-order valence-corrected chi connectivity index (χ0v) is 15.0. The van der Waals surface area contributed by atoms with Gasteiger partial charge in [0.05, 0.1) is 21.5 Å². The van der Waals surface area contributed by atoms with Crippen LogP contribution in [0.3, 0.4) is 0 Å². The van der Waals surface area contributed by atoms with Crippen molar-refractivity contribution in [3.05, 3.63) is 15.9 Å². The molecule has 5 heteroatoms. The largest absolute Gasteiger partial charge is 0.374 e. The SMILES string of the molecule is CCOC(CC)(CC)C(N)Cc1c(Br)c(C)nn1CC. The van der Waals surface area contributed by atoms with Crippen LogP contribution < -0.4 is 5.73 Å². The Bertz CT molecular complexity index is 427. The molecule has 0 aliphatic heterocycles. The first-order valence-corrected chi connectivity index (χ1v) is 8.36. The van der Waals surface area contributed by atoms with Crippen LogP contribution in [-0.2, 0) is 17.7 Å². The minimum atomic E-state index is -0.245. The van der Waals surface area contributed by atoms with Crippen LogP contribution in [0.25, 0.3) is 0 Å². The molecular formula is C15H28BrN3O. The second-order valence-corrected chi connectivity index (χ2v) is 5.97. The molecular weight excluding hydrogens is 318 g/mol. The normalized spacial score (nSPS) is 13.8. The van der Waals surface area contributed by atoms with Crippen molar-refractivity contribution in [2.75, 3.05) is 6.61 Å². The summed E-state index contributed by atoms with van der Waals surface area (Å²) in [5.41, 5.74) is 8.45. The lowest BCUT2D eigenvalue weighted by Crippen LogP contribution is -2.51. The third-order valence-corrected chi connectivity index (χ3v) is 5.20. The molecule has 1 atom stereocenters. The second-order valence-electron chi connectivity index (χ2n) is 5.18. The molecule has 1 rings (SSSR count). The summed E-state index contributed by atoms with van der Waals surface area (Å²) >= 11 is 3.64. The lowest BCUT2D eigenvalue weighted by molar-refractivity contribution is -0.0636. The summed E-state index contributed by atoms with van der Waals surface area (Å²) in [5.74, 6) is 0. The quantitative estimate of drug-likeness (QED) is 0.785. The van der Waals surface area contributed by atoms with Crippen LogP contribution >= 0.6 is 15.9 Å². The predicted molar refractivity (Wildman–Crippen MR) is 87.0 cm³/mol. The summed E-state index contributed by atoms with van der Waals surface area (Å²) in [6.07, 6.45) is 2.63. The highest BCUT2D eigenvalue weighted by molar-refractivity contribution is 9.10. The molecule has 1 unspecified atom stereocenters. The number of aromatic nitrogens is 2. The van der Waals surface area contributed by atoms with Gasteiger partial charge in [-0.1, -0.05) is 13.8 Å². The Kier molecular flexibility index (Phi) is 6.69. The fraction of sp³-hybridized carbons (Fsp3) is 0.800. The smallest absolute Gasteiger partial charge is 0.0831 e. The van der Waals surface area contributed by atoms with Gasteiger partial charge in [0.1, 0.15) is 0 Å². The van der Waals surface area contributed by atoms with E-state index in [4.69, 9.17) is 10.5 Å². The van der Waals surface area contributed by atoms with Crippen LogP contribution in [0, 0.1) is 6.92 Å². The molecule has 1 aromatic rings. The van der Waals surface area contributed by atoms with Gasteiger partial charge in [-0.15, -0.1) is 0 Å². The minimum Gasteiger partial charge on any atom is -0.374 e. The van der Waals surface area contributed by atoms with Crippen LogP contribution in [0.4, 0.5) is 0 Å². The Balaban J connectivity index is 3.01. The molecule has 0 amide bonds. The summed E-state index contributed by atoms with van der Waals surface area (Å²) in [6, 6.07) is -0.0323. The summed E-state index contributed by atoms with van der Waals surface area (Å²) in [6.45, 7) is 12.0. The van der Waals surface area contributed by atoms with Gasteiger partial charge in [-0.2, -0.15) is 5.10 Å². The molecule has 20 heavy (non-hydrogen) atoms. The Hall–Kier alpha value is -0.390. The first-order valence-electron chi connectivity index (χ1n) is 7.56. The van der Waals surface area contributed by atoms with E-state index in [1.165, 1.54) is 5.69 Å². The number of ether oxygens (including phenoxy) is 1. The maximum absolute atomic E-state index is 6.51. The maximum Gasteiger partial charge on any atom is 0.0831 e. The number of nitrogens with zero attached hydrogens (tertiary/aromatic N) is 2. The van der Waals surface area contributed by atoms with Crippen molar-refractivity contribution >= 4 is 15.9 Å². The van der Waals surface area contributed by atoms with Crippen LogP contribution in [0.5, 0.6) is 0 Å². The fourth-order valence-corrected chi connectivity index (χ4v) is 3.28. The van der Waals surface area contributed by atoms with Gasteiger partial charge in [-0.3, -0.25) is 4.68 Å². The van der Waals surface area contributed by atoms with E-state index in [-0.39, 0.29) is 11.6 Å². The van der Waals surface area contributed by atoms with Crippen LogP contribution in [0.1, 0.15) is 51.9 Å². The molecule has 1 heterocycles. The van der Waals surface area contributed by atoms with E-state index in [9.17, 15) is 0 Å². The molecule has 0 fully saturated rings. The summed E-state index contributed by atoms with van der Waals surface area (Å²) < 4.78 is 9.12. The van der Waals surface area contributed by atoms with E-state index < -0.39 is 0 Å². The fourth-order valence-electron chi connectivity index (χ4n) is 2.83. The minimum absolute atomic E-state index is 0.0323. The standard InChI is InChI=1S/C15H28BrN3O/c1-6-15(7-2,20-9-4)13(17)10-12-14(16)11(5)18-19(12)8-3/h13H,6-10,17H2,1-5H3. The first-order chi connectivity index (χ1) is 9.45. The monoisotopic (exact) mass is 345 g/mol. The van der Waals surface area contributed by atoms with Gasteiger partial charge in [-0.25, -0.2) is 0 Å². The summed E-state index contributed by atoms with van der Waals surface area (Å²) in [5, 5.41) is 4.53. The van der Waals surface area contributed by atoms with Crippen molar-refractivity contribution in [1.29, 1.82) is 0 Å². The molecule has 0 saturated carbocycles. The number of hydrogen-bond donors (Lipinski definition) is 1. The van der Waals surface area contributed by atoms with Crippen molar-refractivity contribution in [2.45, 2.75) is 72.1 Å². The first kappa shape index (κ1) is 17.7. The second kappa shape index (κ2) is 7.57.